The third kappa shape index (κ3) is 4.38. The van der Waals surface area contributed by atoms with E-state index in [0.29, 0.717) is 13.1 Å². The standard InChI is InChI=1S/C25H25FN2O/c1-19-7-9-22(10-8-19)25(29)28-17-15-27(16-18-28)24(20-5-3-2-4-6-20)21-11-13-23(26)14-12-21/h2-14,24H,15-18H2,1H3. The van der Waals surface area contributed by atoms with E-state index >= 15 is 0 Å². The van der Waals surface area contributed by atoms with Crippen LogP contribution in [0, 0.1) is 12.7 Å². The maximum absolute atomic E-state index is 13.5. The van der Waals surface area contributed by atoms with Gasteiger partial charge in [-0.1, -0.05) is 60.2 Å². The Morgan fingerprint density at radius 3 is 2.00 bits per heavy atom. The van der Waals surface area contributed by atoms with Gasteiger partial charge in [0.1, 0.15) is 5.82 Å². The van der Waals surface area contributed by atoms with Gasteiger partial charge >= 0.3 is 0 Å². The Morgan fingerprint density at radius 2 is 1.38 bits per heavy atom. The fourth-order valence-corrected chi connectivity index (χ4v) is 3.96. The number of hydrogen-bond donors (Lipinski definition) is 0. The summed E-state index contributed by atoms with van der Waals surface area (Å²) in [6.07, 6.45) is 0. The van der Waals surface area contributed by atoms with Gasteiger partial charge in [-0.2, -0.15) is 0 Å². The maximum Gasteiger partial charge on any atom is 0.253 e. The van der Waals surface area contributed by atoms with Crippen LogP contribution in [0.15, 0.2) is 78.9 Å². The van der Waals surface area contributed by atoms with Gasteiger partial charge in [0.05, 0.1) is 6.04 Å². The predicted octanol–water partition coefficient (Wildman–Crippen LogP) is 4.68. The largest absolute Gasteiger partial charge is 0.336 e. The summed E-state index contributed by atoms with van der Waals surface area (Å²) in [5.74, 6) is -0.142. The molecule has 1 atom stereocenters. The van der Waals surface area contributed by atoms with Gasteiger partial charge in [0.2, 0.25) is 0 Å². The Bertz CT molecular complexity index is 946. The Hall–Kier alpha value is -2.98. The molecule has 1 aliphatic rings. The van der Waals surface area contributed by atoms with Crippen molar-refractivity contribution in [2.24, 2.45) is 0 Å². The monoisotopic (exact) mass is 388 g/mol. The smallest absolute Gasteiger partial charge is 0.253 e. The van der Waals surface area contributed by atoms with E-state index in [0.717, 1.165) is 29.8 Å². The van der Waals surface area contributed by atoms with Crippen molar-refractivity contribution in [3.63, 3.8) is 0 Å². The van der Waals surface area contributed by atoms with Gasteiger partial charge < -0.3 is 4.90 Å². The summed E-state index contributed by atoms with van der Waals surface area (Å²) < 4.78 is 13.5. The summed E-state index contributed by atoms with van der Waals surface area (Å²) in [6, 6.07) is 24.8. The van der Waals surface area contributed by atoms with Gasteiger partial charge in [-0.05, 0) is 42.3 Å². The average Bonchev–Trinajstić information content (AvgIpc) is 2.77. The quantitative estimate of drug-likeness (QED) is 0.648. The zero-order valence-corrected chi connectivity index (χ0v) is 16.6. The molecular weight excluding hydrogens is 363 g/mol. The number of hydrogen-bond acceptors (Lipinski definition) is 2. The molecule has 148 valence electrons. The SMILES string of the molecule is Cc1ccc(C(=O)N2CCN(C(c3ccccc3)c3ccc(F)cc3)CC2)cc1. The van der Waals surface area contributed by atoms with Crippen LogP contribution < -0.4 is 0 Å². The van der Waals surface area contributed by atoms with Crippen LogP contribution in [0.1, 0.15) is 33.1 Å². The first-order valence-electron chi connectivity index (χ1n) is 10.0. The molecule has 0 bridgehead atoms. The number of carbonyl (C=O) groups is 1. The fourth-order valence-electron chi connectivity index (χ4n) is 3.96. The molecule has 0 radical (unpaired) electrons. The molecule has 0 aliphatic carbocycles. The highest BCUT2D eigenvalue weighted by Crippen LogP contribution is 2.30. The Morgan fingerprint density at radius 1 is 0.793 bits per heavy atom. The molecule has 0 spiro atoms. The van der Waals surface area contributed by atoms with Crippen LogP contribution in [0.5, 0.6) is 0 Å². The molecule has 3 nitrogen and oxygen atoms in total. The van der Waals surface area contributed by atoms with E-state index < -0.39 is 0 Å². The van der Waals surface area contributed by atoms with Crippen molar-refractivity contribution >= 4 is 5.91 Å². The number of amides is 1. The Kier molecular flexibility index (Phi) is 5.72. The van der Waals surface area contributed by atoms with E-state index in [1.807, 2.05) is 66.4 Å². The number of halogens is 1. The molecule has 1 heterocycles. The van der Waals surface area contributed by atoms with Gasteiger partial charge in [-0.15, -0.1) is 0 Å². The second-order valence-electron chi connectivity index (χ2n) is 7.56. The van der Waals surface area contributed by atoms with E-state index in [-0.39, 0.29) is 17.8 Å². The van der Waals surface area contributed by atoms with Crippen LogP contribution in [-0.2, 0) is 0 Å². The van der Waals surface area contributed by atoms with Crippen molar-refractivity contribution in [1.29, 1.82) is 0 Å². The number of piperazine rings is 1. The zero-order valence-electron chi connectivity index (χ0n) is 16.6. The first-order chi connectivity index (χ1) is 14.1. The second kappa shape index (κ2) is 8.58. The highest BCUT2D eigenvalue weighted by molar-refractivity contribution is 5.94. The minimum absolute atomic E-state index is 0.0495. The molecule has 0 N–H and O–H groups in total. The minimum atomic E-state index is -0.228. The van der Waals surface area contributed by atoms with E-state index in [4.69, 9.17) is 0 Å². The van der Waals surface area contributed by atoms with Gasteiger partial charge in [0.15, 0.2) is 0 Å². The maximum atomic E-state index is 13.5. The highest BCUT2D eigenvalue weighted by atomic mass is 19.1. The van der Waals surface area contributed by atoms with Crippen molar-refractivity contribution in [3.8, 4) is 0 Å². The molecule has 1 amide bonds. The van der Waals surface area contributed by atoms with Gasteiger partial charge in [-0.3, -0.25) is 9.69 Å². The van der Waals surface area contributed by atoms with Crippen LogP contribution in [0.3, 0.4) is 0 Å². The lowest BCUT2D eigenvalue weighted by molar-refractivity contribution is 0.0597. The fraction of sp³-hybridized carbons (Fsp3) is 0.240. The van der Waals surface area contributed by atoms with Gasteiger partial charge in [0.25, 0.3) is 5.91 Å². The topological polar surface area (TPSA) is 23.6 Å². The number of rotatable bonds is 4. The summed E-state index contributed by atoms with van der Waals surface area (Å²) >= 11 is 0. The number of nitrogens with zero attached hydrogens (tertiary/aromatic N) is 2. The lowest BCUT2D eigenvalue weighted by Gasteiger charge is -2.39. The molecule has 4 rings (SSSR count). The third-order valence-electron chi connectivity index (χ3n) is 5.57. The molecule has 1 unspecified atom stereocenters. The lowest BCUT2D eigenvalue weighted by Crippen LogP contribution is -2.49. The summed E-state index contributed by atoms with van der Waals surface area (Å²) in [5.41, 5.74) is 4.13. The minimum Gasteiger partial charge on any atom is -0.336 e. The van der Waals surface area contributed by atoms with E-state index in [1.54, 1.807) is 0 Å². The summed E-state index contributed by atoms with van der Waals surface area (Å²) in [7, 11) is 0. The van der Waals surface area contributed by atoms with Gasteiger partial charge in [-0.25, -0.2) is 4.39 Å². The van der Waals surface area contributed by atoms with E-state index in [9.17, 15) is 9.18 Å². The molecule has 1 saturated heterocycles. The molecular formula is C25H25FN2O. The molecule has 0 aromatic heterocycles. The van der Waals surface area contributed by atoms with Crippen molar-refractivity contribution in [2.45, 2.75) is 13.0 Å². The van der Waals surface area contributed by atoms with Crippen molar-refractivity contribution in [2.75, 3.05) is 26.2 Å². The molecule has 1 fully saturated rings. The average molecular weight is 388 g/mol. The van der Waals surface area contributed by atoms with E-state index in [2.05, 4.69) is 17.0 Å². The first-order valence-corrected chi connectivity index (χ1v) is 10.0. The lowest BCUT2D eigenvalue weighted by atomic mass is 9.96. The molecule has 0 saturated carbocycles. The summed E-state index contributed by atoms with van der Waals surface area (Å²) in [4.78, 5) is 17.1. The van der Waals surface area contributed by atoms with Crippen molar-refractivity contribution in [3.05, 3.63) is 107 Å². The third-order valence-corrected chi connectivity index (χ3v) is 5.57. The van der Waals surface area contributed by atoms with Crippen LogP contribution in [0.25, 0.3) is 0 Å². The normalized spacial score (nSPS) is 15.9. The zero-order chi connectivity index (χ0) is 20.2. The molecule has 29 heavy (non-hydrogen) atoms. The Balaban J connectivity index is 1.51. The van der Waals surface area contributed by atoms with Crippen molar-refractivity contribution < 1.29 is 9.18 Å². The summed E-state index contributed by atoms with van der Waals surface area (Å²) in [6.45, 7) is 4.92. The van der Waals surface area contributed by atoms with Crippen LogP contribution in [-0.4, -0.2) is 41.9 Å². The van der Waals surface area contributed by atoms with Crippen LogP contribution >= 0.6 is 0 Å². The number of carbonyl (C=O) groups excluding carboxylic acids is 1. The first kappa shape index (κ1) is 19.3. The number of aryl methyl sites for hydroxylation is 1. The molecule has 4 heteroatoms. The molecule has 3 aromatic carbocycles. The molecule has 3 aromatic rings. The number of benzene rings is 3. The van der Waals surface area contributed by atoms with Crippen LogP contribution in [0.4, 0.5) is 4.39 Å². The van der Waals surface area contributed by atoms with Crippen LogP contribution in [0.2, 0.25) is 0 Å². The van der Waals surface area contributed by atoms with E-state index in [1.165, 1.54) is 17.7 Å². The second-order valence-corrected chi connectivity index (χ2v) is 7.56. The summed E-state index contributed by atoms with van der Waals surface area (Å²) in [5, 5.41) is 0. The predicted molar refractivity (Wildman–Crippen MR) is 113 cm³/mol. The molecule has 1 aliphatic heterocycles. The Labute approximate surface area is 171 Å². The highest BCUT2D eigenvalue weighted by Gasteiger charge is 2.28. The van der Waals surface area contributed by atoms with Crippen molar-refractivity contribution in [1.82, 2.24) is 9.80 Å². The van der Waals surface area contributed by atoms with Gasteiger partial charge in [0, 0.05) is 31.7 Å².